The van der Waals surface area contributed by atoms with Gasteiger partial charge in [0.05, 0.1) is 23.6 Å². The average molecular weight is 535 g/mol. The zero-order valence-corrected chi connectivity index (χ0v) is 22.8. The van der Waals surface area contributed by atoms with Gasteiger partial charge < -0.3 is 9.64 Å². The van der Waals surface area contributed by atoms with Gasteiger partial charge in [-0.2, -0.15) is 0 Å². The first-order valence-electron chi connectivity index (χ1n) is 13.5. The molecule has 2 amide bonds. The van der Waals surface area contributed by atoms with Crippen molar-refractivity contribution in [2.45, 2.75) is 45.7 Å². The highest BCUT2D eigenvalue weighted by molar-refractivity contribution is 6.24. The van der Waals surface area contributed by atoms with Crippen LogP contribution in [0.1, 0.15) is 53.7 Å². The van der Waals surface area contributed by atoms with Crippen molar-refractivity contribution in [2.75, 3.05) is 9.80 Å². The molecular weight excluding hydrogens is 504 g/mol. The number of nitrogens with zero attached hydrogens (tertiary/aromatic N) is 2. The molecule has 2 saturated heterocycles. The number of hydrogen-bond acceptors (Lipinski definition) is 6. The van der Waals surface area contributed by atoms with E-state index in [1.807, 2.05) is 80.3 Å². The summed E-state index contributed by atoms with van der Waals surface area (Å²) >= 11 is 0. The molecule has 3 aliphatic rings. The maximum absolute atomic E-state index is 14.1. The monoisotopic (exact) mass is 534 g/mol. The lowest BCUT2D eigenvalue weighted by molar-refractivity contribution is -0.139. The molecule has 3 heterocycles. The van der Waals surface area contributed by atoms with Gasteiger partial charge in [0.1, 0.15) is 11.8 Å². The van der Waals surface area contributed by atoms with Gasteiger partial charge in [-0.15, -0.1) is 0 Å². The second-order valence-corrected chi connectivity index (χ2v) is 11.0. The fourth-order valence-electron chi connectivity index (χ4n) is 6.26. The first-order chi connectivity index (χ1) is 19.2. The first-order valence-corrected chi connectivity index (χ1v) is 13.5. The fourth-order valence-corrected chi connectivity index (χ4v) is 6.26. The third-order valence-electron chi connectivity index (χ3n) is 8.19. The largest absolute Gasteiger partial charge is 0.425 e. The topological polar surface area (TPSA) is 84.0 Å². The zero-order chi connectivity index (χ0) is 28.3. The van der Waals surface area contributed by atoms with Crippen LogP contribution in [0.5, 0.6) is 5.75 Å². The third-order valence-corrected chi connectivity index (χ3v) is 8.19. The molecule has 4 atom stereocenters. The predicted molar refractivity (Wildman–Crippen MR) is 152 cm³/mol. The highest BCUT2D eigenvalue weighted by atomic mass is 16.5. The van der Waals surface area contributed by atoms with E-state index in [2.05, 4.69) is 0 Å². The lowest BCUT2D eigenvalue weighted by Crippen LogP contribution is -2.50. The number of fused-ring (bicyclic) bond motifs is 5. The smallest absolute Gasteiger partial charge is 0.335 e. The normalized spacial score (nSPS) is 22.8. The fraction of sp³-hybridized carbons (Fsp3) is 0.273. The number of benzene rings is 3. The molecule has 7 heteroatoms. The van der Waals surface area contributed by atoms with Crippen molar-refractivity contribution in [1.82, 2.24) is 0 Å². The summed E-state index contributed by atoms with van der Waals surface area (Å²) in [6.45, 7) is 7.46. The lowest BCUT2D eigenvalue weighted by Gasteiger charge is -2.36. The number of esters is 1. The van der Waals surface area contributed by atoms with E-state index < -0.39 is 35.8 Å². The summed E-state index contributed by atoms with van der Waals surface area (Å²) in [5, 5.41) is 0. The van der Waals surface area contributed by atoms with Crippen LogP contribution in [-0.4, -0.2) is 35.7 Å². The lowest BCUT2D eigenvalue weighted by atomic mass is 9.88. The summed E-state index contributed by atoms with van der Waals surface area (Å²) < 4.78 is 6.09. The van der Waals surface area contributed by atoms with E-state index in [1.165, 1.54) is 6.92 Å². The molecule has 0 spiro atoms. The molecule has 7 nitrogen and oxygen atoms in total. The summed E-state index contributed by atoms with van der Waals surface area (Å²) in [6, 6.07) is 18.4. The molecule has 3 aromatic rings. The van der Waals surface area contributed by atoms with Crippen molar-refractivity contribution in [3.63, 3.8) is 0 Å². The van der Waals surface area contributed by atoms with Gasteiger partial charge in [-0.1, -0.05) is 56.3 Å². The van der Waals surface area contributed by atoms with E-state index >= 15 is 0 Å². The van der Waals surface area contributed by atoms with E-state index in [0.29, 0.717) is 17.0 Å². The molecule has 0 radical (unpaired) electrons. The minimum absolute atomic E-state index is 0.108. The molecule has 0 aromatic heterocycles. The van der Waals surface area contributed by atoms with Gasteiger partial charge in [0, 0.05) is 11.3 Å². The van der Waals surface area contributed by atoms with E-state index in [9.17, 15) is 19.2 Å². The average Bonchev–Trinajstić information content (AvgIpc) is 3.41. The number of rotatable bonds is 5. The van der Waals surface area contributed by atoms with Crippen molar-refractivity contribution in [2.24, 2.45) is 11.8 Å². The predicted octanol–water partition coefficient (Wildman–Crippen LogP) is 5.32. The molecule has 0 unspecified atom stereocenters. The number of amides is 2. The van der Waals surface area contributed by atoms with Crippen LogP contribution >= 0.6 is 0 Å². The quantitative estimate of drug-likeness (QED) is 0.191. The number of Topliss-reactive ketones (excluding diaryl/α,β-unsaturated/α-hetero) is 1. The molecule has 202 valence electrons. The van der Waals surface area contributed by atoms with E-state index in [4.69, 9.17) is 4.74 Å². The number of ketones is 1. The minimum atomic E-state index is -1.00. The Morgan fingerprint density at radius 1 is 0.900 bits per heavy atom. The van der Waals surface area contributed by atoms with Crippen LogP contribution in [0.15, 0.2) is 72.8 Å². The second kappa shape index (κ2) is 9.59. The highest BCUT2D eigenvalue weighted by Gasteiger charge is 2.65. The Balaban J connectivity index is 1.43. The van der Waals surface area contributed by atoms with E-state index in [0.717, 1.165) is 27.3 Å². The number of hydrogen-bond donors (Lipinski definition) is 0. The van der Waals surface area contributed by atoms with Gasteiger partial charge in [-0.3, -0.25) is 14.4 Å². The van der Waals surface area contributed by atoms with Crippen LogP contribution in [0.4, 0.5) is 11.4 Å². The number of ether oxygens (including phenoxy) is 1. The van der Waals surface area contributed by atoms with Crippen molar-refractivity contribution < 1.29 is 23.9 Å². The Morgan fingerprint density at radius 3 is 2.30 bits per heavy atom. The van der Waals surface area contributed by atoms with E-state index in [1.54, 1.807) is 24.3 Å². The molecular formula is C33H30N2O5. The number of carbonyl (C=O) groups is 4. The molecule has 6 rings (SSSR count). The molecule has 0 N–H and O–H groups in total. The minimum Gasteiger partial charge on any atom is -0.425 e. The van der Waals surface area contributed by atoms with Gasteiger partial charge in [-0.05, 0) is 72.9 Å². The maximum atomic E-state index is 14.1. The maximum Gasteiger partial charge on any atom is 0.335 e. The van der Waals surface area contributed by atoms with Crippen molar-refractivity contribution >= 4 is 41.0 Å². The standard InChI is InChI=1S/C33H30N2O5/c1-18(2)24-15-9-19(3)17-27(24)40-33(39)30-29-28(26-16-12-22-7-5-6-8-25(22)35(26)30)31(37)34(32(29)38)23-13-10-21(11-14-23)20(4)36/h5-18,26,28-30H,1-4H3/t26-,28+,29+,30+/m1/s1. The van der Waals surface area contributed by atoms with Gasteiger partial charge in [0.25, 0.3) is 0 Å². The summed E-state index contributed by atoms with van der Waals surface area (Å²) in [5.41, 5.74) is 4.41. The molecule has 3 aliphatic heterocycles. The van der Waals surface area contributed by atoms with Crippen molar-refractivity contribution in [1.29, 1.82) is 0 Å². The Hall–Kier alpha value is -4.52. The highest BCUT2D eigenvalue weighted by Crippen LogP contribution is 2.49. The summed E-state index contributed by atoms with van der Waals surface area (Å²) in [5.74, 6) is -2.58. The number of imide groups is 1. The number of carbonyl (C=O) groups excluding carboxylic acids is 4. The van der Waals surface area contributed by atoms with Crippen LogP contribution < -0.4 is 14.5 Å². The molecule has 0 saturated carbocycles. The number of para-hydroxylation sites is 1. The second-order valence-electron chi connectivity index (χ2n) is 11.0. The van der Waals surface area contributed by atoms with Crippen LogP contribution in [0, 0.1) is 18.8 Å². The molecule has 2 fully saturated rings. The molecule has 0 bridgehead atoms. The zero-order valence-electron chi connectivity index (χ0n) is 22.8. The van der Waals surface area contributed by atoms with Crippen molar-refractivity contribution in [3.05, 3.63) is 95.1 Å². The van der Waals surface area contributed by atoms with Crippen molar-refractivity contribution in [3.8, 4) is 5.75 Å². The van der Waals surface area contributed by atoms with E-state index in [-0.39, 0.29) is 17.6 Å². The summed E-state index contributed by atoms with van der Waals surface area (Å²) in [4.78, 5) is 56.9. The summed E-state index contributed by atoms with van der Waals surface area (Å²) in [7, 11) is 0. The van der Waals surface area contributed by atoms with Gasteiger partial charge >= 0.3 is 5.97 Å². The molecule has 0 aliphatic carbocycles. The SMILES string of the molecule is CC(=O)c1ccc(N2C(=O)[C@@H]3[C@H](C2=O)[C@@H](C(=O)Oc2cc(C)ccc2C(C)C)N2c4ccccc4C=C[C@H]32)cc1. The Labute approximate surface area is 233 Å². The van der Waals surface area contributed by atoms with Gasteiger partial charge in [0.15, 0.2) is 5.78 Å². The van der Waals surface area contributed by atoms with Crippen LogP contribution in [0.3, 0.4) is 0 Å². The first kappa shape index (κ1) is 25.7. The number of aryl methyl sites for hydroxylation is 1. The Morgan fingerprint density at radius 2 is 1.60 bits per heavy atom. The van der Waals surface area contributed by atoms with Crippen LogP contribution in [0.25, 0.3) is 6.08 Å². The van der Waals surface area contributed by atoms with Crippen LogP contribution in [0.2, 0.25) is 0 Å². The molecule has 40 heavy (non-hydrogen) atoms. The van der Waals surface area contributed by atoms with Crippen LogP contribution in [-0.2, 0) is 14.4 Å². The number of anilines is 2. The summed E-state index contributed by atoms with van der Waals surface area (Å²) in [6.07, 6.45) is 3.85. The molecule has 3 aromatic carbocycles. The third kappa shape index (κ3) is 3.96. The van der Waals surface area contributed by atoms with Gasteiger partial charge in [-0.25, -0.2) is 9.69 Å². The Bertz CT molecular complexity index is 1590. The Kier molecular flexibility index (Phi) is 6.17. The van der Waals surface area contributed by atoms with Gasteiger partial charge in [0.2, 0.25) is 11.8 Å².